The van der Waals surface area contributed by atoms with Crippen molar-refractivity contribution in [1.82, 2.24) is 0 Å². The van der Waals surface area contributed by atoms with Crippen LogP contribution in [-0.2, 0) is 0 Å². The van der Waals surface area contributed by atoms with E-state index in [4.69, 9.17) is 0 Å². The Kier molecular flexibility index (Phi) is 7.70. The molecular formula is C32H25N5O5. The van der Waals surface area contributed by atoms with E-state index < -0.39 is 16.6 Å². The number of hydrogen-bond donors (Lipinski definition) is 3. The van der Waals surface area contributed by atoms with Gasteiger partial charge in [0.15, 0.2) is 5.75 Å². The standard InChI is InChI=1S/C32H25N5O5/c1-19-6-11-23(12-7-19)33-31(39)21-10-15-27-22(16-21)17-28(32(40)34-24-13-8-20(2)9-14-24)30(38)29(27)36-35-25-4-3-5-26(18-25)37(41)42/h3-18,38H,1-2H3,(H,33,39)(H,34,40)/b36-35+. The summed E-state index contributed by atoms with van der Waals surface area (Å²) in [5.74, 6) is -1.39. The van der Waals surface area contributed by atoms with E-state index in [9.17, 15) is 24.8 Å². The van der Waals surface area contributed by atoms with E-state index in [0.29, 0.717) is 27.7 Å². The molecule has 0 aliphatic rings. The Morgan fingerprint density at radius 2 is 1.38 bits per heavy atom. The summed E-state index contributed by atoms with van der Waals surface area (Å²) in [5.41, 5.74) is 3.43. The molecule has 42 heavy (non-hydrogen) atoms. The molecule has 0 unspecified atom stereocenters. The molecule has 208 valence electrons. The second-order valence-corrected chi connectivity index (χ2v) is 9.67. The number of azo groups is 1. The first-order valence-corrected chi connectivity index (χ1v) is 12.9. The number of aryl methyl sites for hydroxylation is 2. The topological polar surface area (TPSA) is 146 Å². The molecule has 10 nitrogen and oxygen atoms in total. The molecule has 0 atom stereocenters. The van der Waals surface area contributed by atoms with Gasteiger partial charge in [0, 0.05) is 34.5 Å². The zero-order valence-electron chi connectivity index (χ0n) is 22.7. The van der Waals surface area contributed by atoms with Crippen LogP contribution in [0.25, 0.3) is 10.8 Å². The van der Waals surface area contributed by atoms with Gasteiger partial charge in [-0.3, -0.25) is 19.7 Å². The van der Waals surface area contributed by atoms with Gasteiger partial charge in [-0.05, 0) is 67.8 Å². The SMILES string of the molecule is Cc1ccc(NC(=O)c2ccc3c(/N=N/c4cccc([N+](=O)[O-])c4)c(O)c(C(=O)Nc4ccc(C)cc4)cc3c2)cc1. The first-order valence-electron chi connectivity index (χ1n) is 12.9. The maximum absolute atomic E-state index is 13.3. The van der Waals surface area contributed by atoms with Crippen molar-refractivity contribution >= 4 is 51.0 Å². The smallest absolute Gasteiger partial charge is 0.271 e. The minimum absolute atomic E-state index is 0.0291. The van der Waals surface area contributed by atoms with E-state index in [0.717, 1.165) is 11.1 Å². The van der Waals surface area contributed by atoms with Crippen LogP contribution in [0.4, 0.5) is 28.4 Å². The number of hydrogen-bond acceptors (Lipinski definition) is 7. The van der Waals surface area contributed by atoms with E-state index >= 15 is 0 Å². The van der Waals surface area contributed by atoms with Gasteiger partial charge < -0.3 is 15.7 Å². The van der Waals surface area contributed by atoms with Gasteiger partial charge >= 0.3 is 0 Å². The molecule has 0 saturated heterocycles. The van der Waals surface area contributed by atoms with E-state index in [-0.39, 0.29) is 28.5 Å². The largest absolute Gasteiger partial charge is 0.505 e. The zero-order chi connectivity index (χ0) is 29.8. The van der Waals surface area contributed by atoms with Gasteiger partial charge in [0.05, 0.1) is 16.2 Å². The lowest BCUT2D eigenvalue weighted by Gasteiger charge is -2.13. The van der Waals surface area contributed by atoms with Crippen LogP contribution in [-0.4, -0.2) is 21.8 Å². The summed E-state index contributed by atoms with van der Waals surface area (Å²) in [5, 5.41) is 37.1. The molecule has 2 amide bonds. The van der Waals surface area contributed by atoms with Crippen molar-refractivity contribution in [2.75, 3.05) is 10.6 Å². The lowest BCUT2D eigenvalue weighted by atomic mass is 10.00. The molecule has 0 heterocycles. The quantitative estimate of drug-likeness (QED) is 0.105. The van der Waals surface area contributed by atoms with Gasteiger partial charge in [-0.1, -0.05) is 47.5 Å². The summed E-state index contributed by atoms with van der Waals surface area (Å²) >= 11 is 0. The molecule has 0 radical (unpaired) electrons. The van der Waals surface area contributed by atoms with Gasteiger partial charge in [-0.15, -0.1) is 5.11 Å². The van der Waals surface area contributed by atoms with E-state index in [1.54, 1.807) is 42.5 Å². The van der Waals surface area contributed by atoms with Crippen molar-refractivity contribution in [3.63, 3.8) is 0 Å². The number of non-ortho nitro benzene ring substituents is 1. The summed E-state index contributed by atoms with van der Waals surface area (Å²) < 4.78 is 0. The second-order valence-electron chi connectivity index (χ2n) is 9.67. The number of phenols is 1. The van der Waals surface area contributed by atoms with Gasteiger partial charge in [-0.25, -0.2) is 0 Å². The highest BCUT2D eigenvalue weighted by molar-refractivity contribution is 6.13. The molecular weight excluding hydrogens is 534 g/mol. The van der Waals surface area contributed by atoms with Crippen LogP contribution in [0.15, 0.2) is 107 Å². The van der Waals surface area contributed by atoms with Crippen LogP contribution in [0.2, 0.25) is 0 Å². The normalized spacial score (nSPS) is 11.0. The highest BCUT2D eigenvalue weighted by Crippen LogP contribution is 2.40. The Bertz CT molecular complexity index is 1870. The summed E-state index contributed by atoms with van der Waals surface area (Å²) in [6.07, 6.45) is 0. The number of amides is 2. The summed E-state index contributed by atoms with van der Waals surface area (Å²) in [4.78, 5) is 37.0. The minimum atomic E-state index is -0.598. The van der Waals surface area contributed by atoms with Crippen molar-refractivity contribution < 1.29 is 19.6 Å². The number of anilines is 2. The maximum atomic E-state index is 13.3. The van der Waals surface area contributed by atoms with Crippen molar-refractivity contribution in [1.29, 1.82) is 0 Å². The molecule has 0 aliphatic carbocycles. The van der Waals surface area contributed by atoms with Crippen LogP contribution in [0.5, 0.6) is 5.75 Å². The zero-order valence-corrected chi connectivity index (χ0v) is 22.7. The number of fused-ring (bicyclic) bond motifs is 1. The molecule has 0 bridgehead atoms. The average molecular weight is 560 g/mol. The molecule has 5 rings (SSSR count). The molecule has 10 heteroatoms. The average Bonchev–Trinajstić information content (AvgIpc) is 2.98. The number of nitro benzene ring substituents is 1. The number of nitrogens with one attached hydrogen (secondary N) is 2. The van der Waals surface area contributed by atoms with Crippen LogP contribution >= 0.6 is 0 Å². The predicted octanol–water partition coefficient (Wildman–Crippen LogP) is 7.99. The predicted molar refractivity (Wildman–Crippen MR) is 161 cm³/mol. The fourth-order valence-corrected chi connectivity index (χ4v) is 4.24. The van der Waals surface area contributed by atoms with E-state index in [2.05, 4.69) is 20.9 Å². The minimum Gasteiger partial charge on any atom is -0.505 e. The number of nitrogens with zero attached hydrogens (tertiary/aromatic N) is 3. The summed E-state index contributed by atoms with van der Waals surface area (Å²) in [7, 11) is 0. The van der Waals surface area contributed by atoms with Crippen LogP contribution in [0, 0.1) is 24.0 Å². The second kappa shape index (κ2) is 11.7. The molecule has 0 fully saturated rings. The first kappa shape index (κ1) is 27.7. The highest BCUT2D eigenvalue weighted by atomic mass is 16.6. The molecule has 3 N–H and O–H groups in total. The van der Waals surface area contributed by atoms with Crippen molar-refractivity contribution in [3.05, 3.63) is 129 Å². The molecule has 0 saturated carbocycles. The molecule has 0 aliphatic heterocycles. The number of carbonyl (C=O) groups is 2. The third-order valence-electron chi connectivity index (χ3n) is 6.52. The summed E-state index contributed by atoms with van der Waals surface area (Å²) in [6.45, 7) is 3.87. The monoisotopic (exact) mass is 559 g/mol. The van der Waals surface area contributed by atoms with Crippen LogP contribution in [0.3, 0.4) is 0 Å². The number of phenolic OH excluding ortho intramolecular Hbond substituents is 1. The Hall–Kier alpha value is -5.90. The molecule has 0 spiro atoms. The Morgan fingerprint density at radius 3 is 2.00 bits per heavy atom. The Balaban J connectivity index is 1.57. The third-order valence-corrected chi connectivity index (χ3v) is 6.52. The number of nitro groups is 1. The van der Waals surface area contributed by atoms with Gasteiger partial charge in [0.1, 0.15) is 5.69 Å². The highest BCUT2D eigenvalue weighted by Gasteiger charge is 2.20. The van der Waals surface area contributed by atoms with Crippen molar-refractivity contribution in [2.24, 2.45) is 10.2 Å². The van der Waals surface area contributed by atoms with Gasteiger partial charge in [-0.2, -0.15) is 5.11 Å². The maximum Gasteiger partial charge on any atom is 0.271 e. The number of benzene rings is 5. The van der Waals surface area contributed by atoms with E-state index in [1.165, 1.54) is 30.3 Å². The number of rotatable bonds is 7. The number of aromatic hydroxyl groups is 1. The fourth-order valence-electron chi connectivity index (χ4n) is 4.24. The lowest BCUT2D eigenvalue weighted by Crippen LogP contribution is -2.13. The lowest BCUT2D eigenvalue weighted by molar-refractivity contribution is -0.384. The van der Waals surface area contributed by atoms with E-state index in [1.807, 2.05) is 38.1 Å². The van der Waals surface area contributed by atoms with Gasteiger partial charge in [0.2, 0.25) is 0 Å². The van der Waals surface area contributed by atoms with Crippen LogP contribution < -0.4 is 10.6 Å². The summed E-state index contributed by atoms with van der Waals surface area (Å²) in [6, 6.07) is 26.3. The molecule has 5 aromatic carbocycles. The third kappa shape index (κ3) is 6.13. The van der Waals surface area contributed by atoms with Crippen molar-refractivity contribution in [3.8, 4) is 5.75 Å². The first-order chi connectivity index (χ1) is 20.2. The number of carbonyl (C=O) groups excluding carboxylic acids is 2. The van der Waals surface area contributed by atoms with Gasteiger partial charge in [0.25, 0.3) is 17.5 Å². The fraction of sp³-hybridized carbons (Fsp3) is 0.0625. The van der Waals surface area contributed by atoms with Crippen LogP contribution in [0.1, 0.15) is 31.8 Å². The Labute approximate surface area is 240 Å². The molecule has 0 aromatic heterocycles. The molecule has 5 aromatic rings. The Morgan fingerprint density at radius 1 is 0.762 bits per heavy atom. The van der Waals surface area contributed by atoms with Crippen molar-refractivity contribution in [2.45, 2.75) is 13.8 Å².